The quantitative estimate of drug-likeness (QED) is 0.491. The molecular weight excluding hydrogens is 380 g/mol. The van der Waals surface area contributed by atoms with Crippen LogP contribution in [0.25, 0.3) is 0 Å². The van der Waals surface area contributed by atoms with Crippen molar-refractivity contribution in [3.63, 3.8) is 0 Å². The number of aromatic nitrogens is 2. The predicted octanol–water partition coefficient (Wildman–Crippen LogP) is -2.30. The molecule has 0 aliphatic carbocycles. The highest BCUT2D eigenvalue weighted by molar-refractivity contribution is 5.01. The molecule has 0 saturated carbocycles. The van der Waals surface area contributed by atoms with E-state index in [9.17, 15) is 19.8 Å². The molecule has 2 fully saturated rings. The number of nitrogens with zero attached hydrogens (tertiary/aromatic N) is 4. The second kappa shape index (κ2) is 10.5. The third kappa shape index (κ3) is 6.21. The van der Waals surface area contributed by atoms with Crippen LogP contribution in [0.15, 0.2) is 15.7 Å². The van der Waals surface area contributed by atoms with Gasteiger partial charge in [-0.15, -0.1) is 0 Å². The Morgan fingerprint density at radius 2 is 1.28 bits per heavy atom. The Kier molecular flexibility index (Phi) is 7.99. The van der Waals surface area contributed by atoms with Crippen molar-refractivity contribution in [1.29, 1.82) is 0 Å². The lowest BCUT2D eigenvalue weighted by molar-refractivity contribution is 0.00973. The fourth-order valence-corrected chi connectivity index (χ4v) is 3.82. The first-order chi connectivity index (χ1) is 13.9. The largest absolute Gasteiger partial charge is 0.390 e. The van der Waals surface area contributed by atoms with Gasteiger partial charge in [-0.1, -0.05) is 0 Å². The van der Waals surface area contributed by atoms with E-state index in [2.05, 4.69) is 9.80 Å². The molecule has 2 atom stereocenters. The zero-order chi connectivity index (χ0) is 20.8. The molecule has 29 heavy (non-hydrogen) atoms. The molecule has 164 valence electrons. The number of β-amino-alcohol motifs (C(OH)–C–C–N with tert-alkyl or cyclic N) is 2. The summed E-state index contributed by atoms with van der Waals surface area (Å²) < 4.78 is 13.1. The molecule has 2 unspecified atom stereocenters. The van der Waals surface area contributed by atoms with Crippen LogP contribution in [0, 0.1) is 6.92 Å². The fourth-order valence-electron chi connectivity index (χ4n) is 3.82. The van der Waals surface area contributed by atoms with E-state index in [4.69, 9.17) is 9.47 Å². The first kappa shape index (κ1) is 22.1. The van der Waals surface area contributed by atoms with Crippen LogP contribution >= 0.6 is 0 Å². The van der Waals surface area contributed by atoms with Crippen molar-refractivity contribution in [2.45, 2.75) is 32.2 Å². The maximum absolute atomic E-state index is 12.9. The standard InChI is InChI=1S/C19H32N4O6/c1-15-10-18(26)23(14-17(25)12-21-4-8-29-9-5-21)19(27)22(15)13-16(24)11-20-2-6-28-7-3-20/h10,16-17,24-25H,2-9,11-14H2,1H3. The van der Waals surface area contributed by atoms with Crippen LogP contribution in [0.3, 0.4) is 0 Å². The highest BCUT2D eigenvalue weighted by Crippen LogP contribution is 2.03. The Labute approximate surface area is 169 Å². The molecule has 1 aromatic rings. The number of morpholine rings is 2. The zero-order valence-corrected chi connectivity index (χ0v) is 17.0. The molecule has 10 heteroatoms. The first-order valence-electron chi connectivity index (χ1n) is 10.2. The summed E-state index contributed by atoms with van der Waals surface area (Å²) in [5.74, 6) is 0. The number of hydrogen-bond donors (Lipinski definition) is 2. The fraction of sp³-hybridized carbons (Fsp3) is 0.789. The van der Waals surface area contributed by atoms with Gasteiger partial charge in [-0.05, 0) is 6.92 Å². The molecule has 10 nitrogen and oxygen atoms in total. The van der Waals surface area contributed by atoms with E-state index in [1.165, 1.54) is 10.6 Å². The molecule has 3 heterocycles. The molecule has 2 saturated heterocycles. The minimum atomic E-state index is -0.840. The van der Waals surface area contributed by atoms with E-state index >= 15 is 0 Å². The third-order valence-corrected chi connectivity index (χ3v) is 5.42. The zero-order valence-electron chi connectivity index (χ0n) is 17.0. The number of aliphatic hydroxyl groups excluding tert-OH is 2. The summed E-state index contributed by atoms with van der Waals surface area (Å²) in [4.78, 5) is 29.4. The smallest absolute Gasteiger partial charge is 0.331 e. The molecule has 0 radical (unpaired) electrons. The van der Waals surface area contributed by atoms with Crippen molar-refractivity contribution in [2.75, 3.05) is 65.7 Å². The van der Waals surface area contributed by atoms with Gasteiger partial charge in [-0.3, -0.25) is 23.7 Å². The maximum atomic E-state index is 12.9. The molecule has 2 aliphatic heterocycles. The van der Waals surface area contributed by atoms with E-state index in [-0.39, 0.29) is 13.1 Å². The number of rotatable bonds is 8. The van der Waals surface area contributed by atoms with E-state index < -0.39 is 23.5 Å². The lowest BCUT2D eigenvalue weighted by atomic mass is 10.2. The van der Waals surface area contributed by atoms with Crippen LogP contribution in [0.4, 0.5) is 0 Å². The summed E-state index contributed by atoms with van der Waals surface area (Å²) in [6.45, 7) is 7.96. The topological polar surface area (TPSA) is 109 Å². The highest BCUT2D eigenvalue weighted by atomic mass is 16.5. The number of aryl methyl sites for hydroxylation is 1. The van der Waals surface area contributed by atoms with E-state index in [1.54, 1.807) is 6.92 Å². The maximum Gasteiger partial charge on any atom is 0.331 e. The normalized spacial score (nSPS) is 21.2. The summed E-state index contributed by atoms with van der Waals surface area (Å²) in [5.41, 5.74) is -0.440. The van der Waals surface area contributed by atoms with Gasteiger partial charge in [-0.25, -0.2) is 4.79 Å². The lowest BCUT2D eigenvalue weighted by Crippen LogP contribution is -2.48. The highest BCUT2D eigenvalue weighted by Gasteiger charge is 2.20. The van der Waals surface area contributed by atoms with Crippen molar-refractivity contribution >= 4 is 0 Å². The van der Waals surface area contributed by atoms with Crippen LogP contribution in [-0.2, 0) is 22.6 Å². The van der Waals surface area contributed by atoms with Gasteiger partial charge < -0.3 is 19.7 Å². The average molecular weight is 412 g/mol. The van der Waals surface area contributed by atoms with Gasteiger partial charge >= 0.3 is 5.69 Å². The van der Waals surface area contributed by atoms with Crippen molar-refractivity contribution in [3.8, 4) is 0 Å². The van der Waals surface area contributed by atoms with Gasteiger partial charge in [0.1, 0.15) is 0 Å². The van der Waals surface area contributed by atoms with E-state index in [0.29, 0.717) is 45.2 Å². The second-order valence-electron chi connectivity index (χ2n) is 7.76. The summed E-state index contributed by atoms with van der Waals surface area (Å²) in [6, 6.07) is 1.38. The van der Waals surface area contributed by atoms with Crippen molar-refractivity contribution in [2.24, 2.45) is 0 Å². The Morgan fingerprint density at radius 1 is 0.828 bits per heavy atom. The van der Waals surface area contributed by atoms with Gasteiger partial charge in [0.15, 0.2) is 0 Å². The molecule has 1 aromatic heterocycles. The summed E-state index contributed by atoms with van der Waals surface area (Å²) in [7, 11) is 0. The van der Waals surface area contributed by atoms with Crippen LogP contribution < -0.4 is 11.2 Å². The SMILES string of the molecule is Cc1cc(=O)n(CC(O)CN2CCOCC2)c(=O)n1CC(O)CN1CCOCC1. The lowest BCUT2D eigenvalue weighted by Gasteiger charge is -2.29. The van der Waals surface area contributed by atoms with Gasteiger partial charge in [-0.2, -0.15) is 0 Å². The molecule has 0 spiro atoms. The summed E-state index contributed by atoms with van der Waals surface area (Å²) in [6.07, 6.45) is -1.58. The molecule has 0 bridgehead atoms. The van der Waals surface area contributed by atoms with Crippen molar-refractivity contribution in [3.05, 3.63) is 32.6 Å². The summed E-state index contributed by atoms with van der Waals surface area (Å²) in [5, 5.41) is 20.9. The van der Waals surface area contributed by atoms with Crippen LogP contribution in [0.2, 0.25) is 0 Å². The van der Waals surface area contributed by atoms with Crippen molar-refractivity contribution < 1.29 is 19.7 Å². The van der Waals surface area contributed by atoms with Crippen LogP contribution in [0.5, 0.6) is 0 Å². The van der Waals surface area contributed by atoms with E-state index in [1.807, 2.05) is 0 Å². The number of aliphatic hydroxyl groups is 2. The van der Waals surface area contributed by atoms with Crippen LogP contribution in [-0.4, -0.2) is 107 Å². The van der Waals surface area contributed by atoms with Crippen molar-refractivity contribution in [1.82, 2.24) is 18.9 Å². The second-order valence-corrected chi connectivity index (χ2v) is 7.76. The third-order valence-electron chi connectivity index (χ3n) is 5.42. The average Bonchev–Trinajstić information content (AvgIpc) is 2.70. The summed E-state index contributed by atoms with van der Waals surface area (Å²) >= 11 is 0. The predicted molar refractivity (Wildman–Crippen MR) is 106 cm³/mol. The minimum absolute atomic E-state index is 0.0745. The Bertz CT molecular complexity index is 767. The van der Waals surface area contributed by atoms with Gasteiger partial charge in [0, 0.05) is 51.0 Å². The minimum Gasteiger partial charge on any atom is -0.390 e. The molecule has 0 aromatic carbocycles. The molecule has 2 N–H and O–H groups in total. The van der Waals surface area contributed by atoms with Gasteiger partial charge in [0.05, 0.1) is 51.7 Å². The molecular formula is C19H32N4O6. The Hall–Kier alpha value is -1.56. The monoisotopic (exact) mass is 412 g/mol. The van der Waals surface area contributed by atoms with Gasteiger partial charge in [0.2, 0.25) is 0 Å². The molecule has 2 aliphatic rings. The molecule has 3 rings (SSSR count). The van der Waals surface area contributed by atoms with Crippen LogP contribution in [0.1, 0.15) is 5.69 Å². The van der Waals surface area contributed by atoms with Gasteiger partial charge in [0.25, 0.3) is 5.56 Å². The number of ether oxygens (including phenoxy) is 2. The van der Waals surface area contributed by atoms with E-state index in [0.717, 1.165) is 30.7 Å². The first-order valence-corrected chi connectivity index (χ1v) is 10.2. The Morgan fingerprint density at radius 3 is 1.76 bits per heavy atom. The number of hydrogen-bond acceptors (Lipinski definition) is 8. The Balaban J connectivity index is 1.66. The molecule has 0 amide bonds.